The van der Waals surface area contributed by atoms with E-state index in [1.165, 1.54) is 0 Å². The van der Waals surface area contributed by atoms with Crippen LogP contribution in [0.15, 0.2) is 71.8 Å². The standard InChI is InChI=1S/C44H52ClN6O5PS/c1-49(20-7-8-23-58-40-13-9-11-33-34(40)28-51(44(33)54)37-16-17-42(52)48-43(37)53)31-18-21-50(22-19-31)32-15-14-29(38(26-32)56-2)25-41-46-27-35(45)36(47-41)24-30-10-5-6-12-39(30)57(3,4)55/h5-6,9-15,26-27,31,37H,7-8,16-25,28H2,1-4H3,(H,48,52,53). The number of benzene rings is 3. The van der Waals surface area contributed by atoms with Crippen LogP contribution in [0.1, 0.15) is 77.1 Å². The molecule has 11 nitrogen and oxygen atoms in total. The number of fused-ring (bicyclic) bond motifs is 1. The van der Waals surface area contributed by atoms with Crippen molar-refractivity contribution in [3.63, 3.8) is 0 Å². The molecule has 7 rings (SSSR count). The number of imide groups is 1. The SMILES string of the molecule is COc1cc(N2CCC(N(C)CCCCSc3cccc4c3CN(C3CCC(=O)NC3=O)C4=O)CC2)ccc1Cc1ncc(Cl)c(Cc2ccccc2P(C)(C)=O)n1. The largest absolute Gasteiger partial charge is 0.496 e. The summed E-state index contributed by atoms with van der Waals surface area (Å²) in [6.45, 7) is 6.94. The number of thioether (sulfide) groups is 1. The first kappa shape index (κ1) is 41.9. The van der Waals surface area contributed by atoms with E-state index >= 15 is 0 Å². The third-order valence-electron chi connectivity index (χ3n) is 11.6. The van der Waals surface area contributed by atoms with E-state index in [0.717, 1.165) is 89.4 Å². The number of amides is 3. The zero-order chi connectivity index (χ0) is 41.0. The topological polar surface area (TPSA) is 125 Å². The number of hydrogen-bond acceptors (Lipinski definition) is 10. The van der Waals surface area contributed by atoms with Crippen molar-refractivity contribution in [2.75, 3.05) is 57.8 Å². The first-order valence-corrected chi connectivity index (χ1v) is 24.0. The van der Waals surface area contributed by atoms with Crippen LogP contribution in [-0.4, -0.2) is 102 Å². The molecule has 3 aromatic carbocycles. The minimum Gasteiger partial charge on any atom is -0.496 e. The van der Waals surface area contributed by atoms with Gasteiger partial charge in [-0.15, -0.1) is 11.8 Å². The van der Waals surface area contributed by atoms with Crippen molar-refractivity contribution in [3.05, 3.63) is 106 Å². The Labute approximate surface area is 350 Å². The number of piperidine rings is 2. The van der Waals surface area contributed by atoms with Crippen molar-refractivity contribution in [3.8, 4) is 5.75 Å². The lowest BCUT2D eigenvalue weighted by Crippen LogP contribution is -2.52. The van der Waals surface area contributed by atoms with Gasteiger partial charge in [0.25, 0.3) is 5.91 Å². The molecule has 0 spiro atoms. The molecule has 0 saturated carbocycles. The van der Waals surface area contributed by atoms with Crippen LogP contribution in [0.25, 0.3) is 0 Å². The van der Waals surface area contributed by atoms with Crippen LogP contribution in [-0.2, 0) is 33.5 Å². The lowest BCUT2D eigenvalue weighted by Gasteiger charge is -2.38. The smallest absolute Gasteiger partial charge is 0.255 e. The highest BCUT2D eigenvalue weighted by atomic mass is 35.5. The molecular formula is C44H52ClN6O5PS. The van der Waals surface area contributed by atoms with Gasteiger partial charge in [0, 0.05) is 84.2 Å². The summed E-state index contributed by atoms with van der Waals surface area (Å²) in [7, 11) is 1.47. The van der Waals surface area contributed by atoms with Gasteiger partial charge in [0.05, 0.1) is 17.8 Å². The third kappa shape index (κ3) is 9.63. The zero-order valence-electron chi connectivity index (χ0n) is 33.7. The third-order valence-corrected chi connectivity index (χ3v) is 14.7. The Morgan fingerprint density at radius 3 is 2.53 bits per heavy atom. The Morgan fingerprint density at radius 2 is 1.78 bits per heavy atom. The molecule has 1 N–H and O–H groups in total. The molecule has 58 heavy (non-hydrogen) atoms. The number of methoxy groups -OCH3 is 1. The number of anilines is 1. The van der Waals surface area contributed by atoms with Gasteiger partial charge < -0.3 is 24.0 Å². The molecule has 4 heterocycles. The Morgan fingerprint density at radius 1 is 0.983 bits per heavy atom. The number of nitrogens with zero attached hydrogens (tertiary/aromatic N) is 5. The number of carbonyl (C=O) groups is 3. The summed E-state index contributed by atoms with van der Waals surface area (Å²) in [6, 6.07) is 19.9. The number of ether oxygens (including phenoxy) is 1. The summed E-state index contributed by atoms with van der Waals surface area (Å²) in [5.41, 5.74) is 5.47. The van der Waals surface area contributed by atoms with Crippen LogP contribution < -0.4 is 20.3 Å². The minimum absolute atomic E-state index is 0.128. The lowest BCUT2D eigenvalue weighted by molar-refractivity contribution is -0.136. The number of halogens is 1. The highest BCUT2D eigenvalue weighted by Gasteiger charge is 2.40. The van der Waals surface area contributed by atoms with Gasteiger partial charge in [-0.2, -0.15) is 0 Å². The lowest BCUT2D eigenvalue weighted by atomic mass is 10.0. The highest BCUT2D eigenvalue weighted by Crippen LogP contribution is 2.37. The molecule has 4 aromatic rings. The van der Waals surface area contributed by atoms with Crippen molar-refractivity contribution in [1.82, 2.24) is 25.1 Å². The number of hydrogen-bond donors (Lipinski definition) is 1. The number of aromatic nitrogens is 2. The molecule has 1 unspecified atom stereocenters. The summed E-state index contributed by atoms with van der Waals surface area (Å²) in [5.74, 6) is 1.62. The van der Waals surface area contributed by atoms with Crippen molar-refractivity contribution in [1.29, 1.82) is 0 Å². The number of rotatable bonds is 15. The maximum absolute atomic E-state index is 13.2. The van der Waals surface area contributed by atoms with Gasteiger partial charge in [0.1, 0.15) is 24.8 Å². The highest BCUT2D eigenvalue weighted by molar-refractivity contribution is 7.99. The van der Waals surface area contributed by atoms with Crippen molar-refractivity contribution in [2.24, 2.45) is 0 Å². The van der Waals surface area contributed by atoms with Gasteiger partial charge in [0.15, 0.2) is 0 Å². The summed E-state index contributed by atoms with van der Waals surface area (Å²) in [5, 5.41) is 3.72. The summed E-state index contributed by atoms with van der Waals surface area (Å²) < 4.78 is 18.8. The van der Waals surface area contributed by atoms with Crippen LogP contribution in [0, 0.1) is 0 Å². The first-order chi connectivity index (χ1) is 27.9. The van der Waals surface area contributed by atoms with Gasteiger partial charge in [-0.3, -0.25) is 19.7 Å². The van der Waals surface area contributed by atoms with E-state index in [2.05, 4.69) is 51.4 Å². The second kappa shape index (κ2) is 18.4. The quantitative estimate of drug-likeness (QED) is 0.0592. The second-order valence-corrected chi connectivity index (χ2v) is 20.6. The number of carbonyl (C=O) groups excluding carboxylic acids is 3. The minimum atomic E-state index is -2.47. The van der Waals surface area contributed by atoms with Crippen molar-refractivity contribution in [2.45, 2.75) is 74.9 Å². The first-order valence-electron chi connectivity index (χ1n) is 20.0. The average molecular weight is 843 g/mol. The molecular weight excluding hydrogens is 791 g/mol. The fourth-order valence-electron chi connectivity index (χ4n) is 8.35. The molecule has 14 heteroatoms. The van der Waals surface area contributed by atoms with Gasteiger partial charge in [-0.05, 0) is 94.1 Å². The molecule has 0 radical (unpaired) electrons. The summed E-state index contributed by atoms with van der Waals surface area (Å²) >= 11 is 8.34. The van der Waals surface area contributed by atoms with Gasteiger partial charge >= 0.3 is 0 Å². The van der Waals surface area contributed by atoms with Crippen molar-refractivity contribution < 1.29 is 23.7 Å². The van der Waals surface area contributed by atoms with Crippen molar-refractivity contribution >= 4 is 59.2 Å². The van der Waals surface area contributed by atoms with Crippen LogP contribution >= 0.6 is 30.5 Å². The predicted octanol–water partition coefficient (Wildman–Crippen LogP) is 6.80. The zero-order valence-corrected chi connectivity index (χ0v) is 36.2. The number of unbranched alkanes of at least 4 members (excludes halogenated alkanes) is 1. The molecule has 2 fully saturated rings. The predicted molar refractivity (Wildman–Crippen MR) is 231 cm³/mol. The van der Waals surface area contributed by atoms with Crippen LogP contribution in [0.4, 0.5) is 5.69 Å². The molecule has 3 aliphatic rings. The Bertz CT molecular complexity index is 2230. The maximum Gasteiger partial charge on any atom is 0.255 e. The fourth-order valence-corrected chi connectivity index (χ4v) is 10.9. The van der Waals surface area contributed by atoms with E-state index in [0.29, 0.717) is 54.0 Å². The molecule has 1 aromatic heterocycles. The summed E-state index contributed by atoms with van der Waals surface area (Å²) in [6.07, 6.45) is 7.57. The van der Waals surface area contributed by atoms with E-state index in [1.54, 1.807) is 43.3 Å². The second-order valence-electron chi connectivity index (χ2n) is 15.8. The summed E-state index contributed by atoms with van der Waals surface area (Å²) in [4.78, 5) is 54.4. The Hall–Kier alpha value is -4.22. The Kier molecular flexibility index (Phi) is 13.3. The van der Waals surface area contributed by atoms with Crippen LogP contribution in [0.3, 0.4) is 0 Å². The maximum atomic E-state index is 13.2. The molecule has 3 aliphatic heterocycles. The fraction of sp³-hybridized carbons (Fsp3) is 0.432. The van der Waals surface area contributed by atoms with E-state index in [4.69, 9.17) is 21.3 Å². The normalized spacial score (nSPS) is 17.6. The monoisotopic (exact) mass is 842 g/mol. The molecule has 1 atom stereocenters. The Balaban J connectivity index is 0.872. The number of nitrogens with one attached hydrogen (secondary N) is 1. The van der Waals surface area contributed by atoms with Crippen LogP contribution in [0.2, 0.25) is 5.02 Å². The van der Waals surface area contributed by atoms with E-state index < -0.39 is 13.2 Å². The molecule has 0 aliphatic carbocycles. The van der Waals surface area contributed by atoms with E-state index in [-0.39, 0.29) is 24.1 Å². The van der Waals surface area contributed by atoms with Gasteiger partial charge in [0.2, 0.25) is 11.8 Å². The molecule has 306 valence electrons. The van der Waals surface area contributed by atoms with E-state index in [9.17, 15) is 18.9 Å². The molecule has 2 saturated heterocycles. The van der Waals surface area contributed by atoms with Gasteiger partial charge in [-0.1, -0.05) is 48.0 Å². The molecule has 3 amide bonds. The molecule has 0 bridgehead atoms. The van der Waals surface area contributed by atoms with Gasteiger partial charge in [-0.25, -0.2) is 9.97 Å². The van der Waals surface area contributed by atoms with E-state index in [1.807, 2.05) is 36.4 Å². The average Bonchev–Trinajstić information content (AvgIpc) is 3.55. The van der Waals surface area contributed by atoms with Crippen LogP contribution in [0.5, 0.6) is 5.75 Å².